The van der Waals surface area contributed by atoms with Gasteiger partial charge in [-0.1, -0.05) is 0 Å². The maximum atomic E-state index is 12.0. The molecule has 1 aromatic rings. The number of hydrogen-bond acceptors (Lipinski definition) is 4. The average molecular weight is 251 g/mol. The second-order valence-corrected chi connectivity index (χ2v) is 4.20. The Morgan fingerprint density at radius 1 is 1.28 bits per heavy atom. The van der Waals surface area contributed by atoms with E-state index in [0.717, 1.165) is 5.56 Å². The van der Waals surface area contributed by atoms with Crippen LogP contribution in [0.3, 0.4) is 0 Å². The Bertz CT molecular complexity index is 508. The Labute approximate surface area is 106 Å². The molecule has 3 N–H and O–H groups in total. The Kier molecular flexibility index (Phi) is 4.08. The second-order valence-electron chi connectivity index (χ2n) is 4.20. The van der Waals surface area contributed by atoms with Crippen molar-refractivity contribution < 1.29 is 19.4 Å². The fraction of sp³-hybridized carbons (Fsp3) is 0.385. The molecule has 0 saturated carbocycles. The SMILES string of the molecule is COc1cc(C)c(C(=O)C(N)C(=O)O)c(C)c1C. The predicted molar refractivity (Wildman–Crippen MR) is 67.1 cm³/mol. The molecule has 1 rings (SSSR count). The molecule has 1 atom stereocenters. The molecule has 0 fully saturated rings. The number of hydrogen-bond donors (Lipinski definition) is 2. The molecule has 1 aromatic carbocycles. The number of benzene rings is 1. The summed E-state index contributed by atoms with van der Waals surface area (Å²) in [6.07, 6.45) is 0. The molecule has 1 unspecified atom stereocenters. The standard InChI is InChI=1S/C13H17NO4/c1-6-5-9(18-4)7(2)8(3)10(6)12(15)11(14)13(16)17/h5,11H,14H2,1-4H3,(H,16,17). The van der Waals surface area contributed by atoms with Crippen molar-refractivity contribution in [3.05, 3.63) is 28.3 Å². The van der Waals surface area contributed by atoms with Gasteiger partial charge in [-0.15, -0.1) is 0 Å². The zero-order valence-electron chi connectivity index (χ0n) is 10.9. The van der Waals surface area contributed by atoms with Crippen LogP contribution in [0.25, 0.3) is 0 Å². The summed E-state index contributed by atoms with van der Waals surface area (Å²) in [6.45, 7) is 5.31. The molecule has 0 aliphatic carbocycles. The smallest absolute Gasteiger partial charge is 0.328 e. The van der Waals surface area contributed by atoms with Crippen molar-refractivity contribution in [3.63, 3.8) is 0 Å². The van der Waals surface area contributed by atoms with Crippen LogP contribution in [0, 0.1) is 20.8 Å². The van der Waals surface area contributed by atoms with E-state index in [1.807, 2.05) is 6.92 Å². The molecule has 18 heavy (non-hydrogen) atoms. The van der Waals surface area contributed by atoms with Gasteiger partial charge in [0.2, 0.25) is 0 Å². The van der Waals surface area contributed by atoms with E-state index in [-0.39, 0.29) is 0 Å². The van der Waals surface area contributed by atoms with Gasteiger partial charge in [0, 0.05) is 5.56 Å². The predicted octanol–water partition coefficient (Wildman–Crippen LogP) is 1.22. The number of carbonyl (C=O) groups is 2. The summed E-state index contributed by atoms with van der Waals surface area (Å²) in [5.41, 5.74) is 7.91. The lowest BCUT2D eigenvalue weighted by Gasteiger charge is -2.16. The van der Waals surface area contributed by atoms with E-state index in [0.29, 0.717) is 22.4 Å². The van der Waals surface area contributed by atoms with Crippen LogP contribution in [0.15, 0.2) is 6.07 Å². The maximum absolute atomic E-state index is 12.0. The van der Waals surface area contributed by atoms with Crippen LogP contribution in [0.2, 0.25) is 0 Å². The molecular formula is C13H17NO4. The molecule has 0 bridgehead atoms. The Morgan fingerprint density at radius 2 is 1.83 bits per heavy atom. The molecule has 98 valence electrons. The number of nitrogens with two attached hydrogens (primary N) is 1. The van der Waals surface area contributed by atoms with Gasteiger partial charge < -0.3 is 15.6 Å². The second kappa shape index (κ2) is 5.18. The quantitative estimate of drug-likeness (QED) is 0.620. The van der Waals surface area contributed by atoms with Gasteiger partial charge in [0.1, 0.15) is 5.75 Å². The van der Waals surface area contributed by atoms with Gasteiger partial charge in [-0.25, -0.2) is 0 Å². The van der Waals surface area contributed by atoms with Crippen LogP contribution in [0.5, 0.6) is 5.75 Å². The molecule has 0 spiro atoms. The van der Waals surface area contributed by atoms with Crippen molar-refractivity contribution in [2.24, 2.45) is 5.73 Å². The molecule has 5 heteroatoms. The van der Waals surface area contributed by atoms with Crippen LogP contribution in [0.4, 0.5) is 0 Å². The van der Waals surface area contributed by atoms with Crippen molar-refractivity contribution in [1.29, 1.82) is 0 Å². The molecule has 0 radical (unpaired) electrons. The maximum Gasteiger partial charge on any atom is 0.328 e. The number of methoxy groups -OCH3 is 1. The lowest BCUT2D eigenvalue weighted by atomic mass is 9.92. The number of aliphatic carboxylic acids is 1. The van der Waals surface area contributed by atoms with E-state index in [1.54, 1.807) is 27.0 Å². The number of rotatable bonds is 4. The molecule has 0 saturated heterocycles. The monoisotopic (exact) mass is 251 g/mol. The van der Waals surface area contributed by atoms with Crippen molar-refractivity contribution in [2.75, 3.05) is 7.11 Å². The number of carbonyl (C=O) groups excluding carboxylic acids is 1. The topological polar surface area (TPSA) is 89.6 Å². The van der Waals surface area contributed by atoms with E-state index < -0.39 is 17.8 Å². The summed E-state index contributed by atoms with van der Waals surface area (Å²) < 4.78 is 5.19. The number of carboxylic acid groups (broad SMARTS) is 1. The van der Waals surface area contributed by atoms with Gasteiger partial charge in [-0.05, 0) is 43.5 Å². The minimum Gasteiger partial charge on any atom is -0.496 e. The fourth-order valence-corrected chi connectivity index (χ4v) is 1.90. The van der Waals surface area contributed by atoms with Crippen LogP contribution in [0.1, 0.15) is 27.0 Å². The van der Waals surface area contributed by atoms with E-state index in [2.05, 4.69) is 0 Å². The van der Waals surface area contributed by atoms with Gasteiger partial charge in [0.15, 0.2) is 11.8 Å². The average Bonchev–Trinajstić information content (AvgIpc) is 2.32. The minimum atomic E-state index is -1.53. The molecule has 0 heterocycles. The molecule has 5 nitrogen and oxygen atoms in total. The van der Waals surface area contributed by atoms with Gasteiger partial charge in [0.25, 0.3) is 0 Å². The van der Waals surface area contributed by atoms with Crippen LogP contribution in [-0.2, 0) is 4.79 Å². The first-order valence-corrected chi connectivity index (χ1v) is 5.48. The van der Waals surface area contributed by atoms with E-state index in [1.165, 1.54) is 0 Å². The van der Waals surface area contributed by atoms with Gasteiger partial charge in [-0.2, -0.15) is 0 Å². The summed E-state index contributed by atoms with van der Waals surface area (Å²) in [4.78, 5) is 22.8. The highest BCUT2D eigenvalue weighted by atomic mass is 16.5. The third-order valence-corrected chi connectivity index (χ3v) is 3.06. The van der Waals surface area contributed by atoms with Crippen LogP contribution in [-0.4, -0.2) is 30.0 Å². The number of aryl methyl sites for hydroxylation is 1. The number of ketones is 1. The van der Waals surface area contributed by atoms with Crippen molar-refractivity contribution >= 4 is 11.8 Å². The summed E-state index contributed by atoms with van der Waals surface area (Å²) in [5, 5.41) is 8.80. The number of Topliss-reactive ketones (excluding diaryl/α,β-unsaturated/α-hetero) is 1. The number of ether oxygens (including phenoxy) is 1. The van der Waals surface area contributed by atoms with Gasteiger partial charge >= 0.3 is 5.97 Å². The number of carboxylic acids is 1. The normalized spacial score (nSPS) is 12.1. The molecule has 0 amide bonds. The first kappa shape index (κ1) is 14.2. The molecular weight excluding hydrogens is 234 g/mol. The van der Waals surface area contributed by atoms with Crippen LogP contribution >= 0.6 is 0 Å². The van der Waals surface area contributed by atoms with Crippen molar-refractivity contribution in [3.8, 4) is 5.75 Å². The van der Waals surface area contributed by atoms with Crippen molar-refractivity contribution in [1.82, 2.24) is 0 Å². The Hall–Kier alpha value is -1.88. The molecule has 0 aliphatic heterocycles. The van der Waals surface area contributed by atoms with Gasteiger partial charge in [0.05, 0.1) is 7.11 Å². The molecule has 0 aliphatic rings. The highest BCUT2D eigenvalue weighted by Gasteiger charge is 2.26. The third kappa shape index (κ3) is 2.36. The summed E-state index contributed by atoms with van der Waals surface area (Å²) in [6, 6.07) is 0.180. The molecule has 0 aromatic heterocycles. The Morgan fingerprint density at radius 3 is 2.28 bits per heavy atom. The largest absolute Gasteiger partial charge is 0.496 e. The fourth-order valence-electron chi connectivity index (χ4n) is 1.90. The van der Waals surface area contributed by atoms with Crippen molar-refractivity contribution in [2.45, 2.75) is 26.8 Å². The van der Waals surface area contributed by atoms with Gasteiger partial charge in [-0.3, -0.25) is 9.59 Å². The van der Waals surface area contributed by atoms with E-state index >= 15 is 0 Å². The summed E-state index contributed by atoms with van der Waals surface area (Å²) in [5.74, 6) is -1.24. The summed E-state index contributed by atoms with van der Waals surface area (Å²) in [7, 11) is 1.55. The third-order valence-electron chi connectivity index (χ3n) is 3.06. The van der Waals surface area contributed by atoms with Crippen LogP contribution < -0.4 is 10.5 Å². The van der Waals surface area contributed by atoms with E-state index in [9.17, 15) is 9.59 Å². The van der Waals surface area contributed by atoms with E-state index in [4.69, 9.17) is 15.6 Å². The Balaban J connectivity index is 3.38. The zero-order valence-corrected chi connectivity index (χ0v) is 10.9. The zero-order chi connectivity index (χ0) is 14.0. The lowest BCUT2D eigenvalue weighted by Crippen LogP contribution is -2.39. The minimum absolute atomic E-state index is 0.364. The highest BCUT2D eigenvalue weighted by Crippen LogP contribution is 2.28. The lowest BCUT2D eigenvalue weighted by molar-refractivity contribution is -0.137. The summed E-state index contributed by atoms with van der Waals surface area (Å²) >= 11 is 0. The first-order chi connectivity index (χ1) is 8.31. The first-order valence-electron chi connectivity index (χ1n) is 5.48. The highest BCUT2D eigenvalue weighted by molar-refractivity contribution is 6.13.